The van der Waals surface area contributed by atoms with Gasteiger partial charge in [0.05, 0.1) is 10.6 Å². The Hall–Kier alpha value is -3.41. The average molecular weight is 308 g/mol. The summed E-state index contributed by atoms with van der Waals surface area (Å²) < 4.78 is 1.23. The van der Waals surface area contributed by atoms with Crippen molar-refractivity contribution in [2.24, 2.45) is 0 Å². The van der Waals surface area contributed by atoms with E-state index >= 15 is 0 Å². The van der Waals surface area contributed by atoms with Crippen LogP contribution in [0.2, 0.25) is 0 Å². The van der Waals surface area contributed by atoms with Crippen LogP contribution < -0.4 is 5.56 Å². The van der Waals surface area contributed by atoms with Crippen molar-refractivity contribution in [2.45, 2.75) is 0 Å². The van der Waals surface area contributed by atoms with Gasteiger partial charge in [-0.25, -0.2) is 0 Å². The Bertz CT molecular complexity index is 919. The van der Waals surface area contributed by atoms with E-state index in [-0.39, 0.29) is 0 Å². The Morgan fingerprint density at radius 2 is 1.52 bits per heavy atom. The number of nitro groups is 1. The lowest BCUT2D eigenvalue weighted by Gasteiger charge is -2.13. The maximum Gasteiger partial charge on any atom is 0.375 e. The van der Waals surface area contributed by atoms with Crippen molar-refractivity contribution in [3.63, 3.8) is 0 Å². The zero-order valence-corrected chi connectivity index (χ0v) is 11.9. The molecule has 6 nitrogen and oxygen atoms in total. The van der Waals surface area contributed by atoms with Crippen molar-refractivity contribution in [3.05, 3.63) is 87.2 Å². The van der Waals surface area contributed by atoms with Crippen LogP contribution in [0.5, 0.6) is 5.75 Å². The molecule has 0 fully saturated rings. The van der Waals surface area contributed by atoms with Crippen molar-refractivity contribution in [1.29, 1.82) is 0 Å². The second-order valence-corrected chi connectivity index (χ2v) is 4.86. The lowest BCUT2D eigenvalue weighted by atomic mass is 10.1. The quantitative estimate of drug-likeness (QED) is 0.595. The number of para-hydroxylation sites is 1. The SMILES string of the molecule is O=c1c([N+](=O)[O-])c(O)cc(-c2ccccc2)n1-c1ccccc1. The lowest BCUT2D eigenvalue weighted by molar-refractivity contribution is -0.387. The van der Waals surface area contributed by atoms with Gasteiger partial charge in [-0.1, -0.05) is 48.5 Å². The van der Waals surface area contributed by atoms with Crippen molar-refractivity contribution in [2.75, 3.05) is 0 Å². The van der Waals surface area contributed by atoms with E-state index in [1.165, 1.54) is 10.6 Å². The first-order valence-electron chi connectivity index (χ1n) is 6.84. The molecule has 0 spiro atoms. The molecule has 0 aliphatic carbocycles. The predicted octanol–water partition coefficient (Wildman–Crippen LogP) is 3.12. The van der Waals surface area contributed by atoms with Gasteiger partial charge in [-0.2, -0.15) is 0 Å². The first-order valence-corrected chi connectivity index (χ1v) is 6.84. The van der Waals surface area contributed by atoms with Crippen LogP contribution in [0, 0.1) is 10.1 Å². The largest absolute Gasteiger partial charge is 0.502 e. The van der Waals surface area contributed by atoms with E-state index in [9.17, 15) is 20.0 Å². The minimum absolute atomic E-state index is 0.380. The minimum Gasteiger partial charge on any atom is -0.502 e. The van der Waals surface area contributed by atoms with Crippen molar-refractivity contribution < 1.29 is 10.0 Å². The summed E-state index contributed by atoms with van der Waals surface area (Å²) in [5, 5.41) is 21.0. The molecule has 0 unspecified atom stereocenters. The molecule has 0 saturated heterocycles. The molecule has 2 aromatic carbocycles. The molecule has 3 rings (SSSR count). The molecule has 0 bridgehead atoms. The number of hydrogen-bond donors (Lipinski definition) is 1. The zero-order chi connectivity index (χ0) is 16.4. The Morgan fingerprint density at radius 1 is 0.957 bits per heavy atom. The molecular weight excluding hydrogens is 296 g/mol. The van der Waals surface area contributed by atoms with Gasteiger partial charge < -0.3 is 5.11 Å². The number of pyridine rings is 1. The molecule has 1 aromatic heterocycles. The van der Waals surface area contributed by atoms with Crippen molar-refractivity contribution in [1.82, 2.24) is 4.57 Å². The van der Waals surface area contributed by atoms with E-state index in [1.54, 1.807) is 54.6 Å². The normalized spacial score (nSPS) is 10.4. The number of aromatic hydroxyl groups is 1. The Morgan fingerprint density at radius 3 is 2.09 bits per heavy atom. The Labute approximate surface area is 131 Å². The highest BCUT2D eigenvalue weighted by Crippen LogP contribution is 2.29. The highest BCUT2D eigenvalue weighted by Gasteiger charge is 2.25. The summed E-state index contributed by atoms with van der Waals surface area (Å²) in [4.78, 5) is 22.8. The van der Waals surface area contributed by atoms with Crippen LogP contribution in [0.4, 0.5) is 5.69 Å². The third-order valence-corrected chi connectivity index (χ3v) is 3.43. The summed E-state index contributed by atoms with van der Waals surface area (Å²) in [5.41, 5.74) is -0.184. The van der Waals surface area contributed by atoms with Gasteiger partial charge in [0, 0.05) is 11.8 Å². The molecule has 0 radical (unpaired) electrons. The fourth-order valence-electron chi connectivity index (χ4n) is 2.41. The predicted molar refractivity (Wildman–Crippen MR) is 85.8 cm³/mol. The molecule has 0 amide bonds. The second kappa shape index (κ2) is 5.76. The van der Waals surface area contributed by atoms with Crippen LogP contribution in [0.25, 0.3) is 16.9 Å². The minimum atomic E-state index is -0.875. The molecule has 6 heteroatoms. The summed E-state index contributed by atoms with van der Waals surface area (Å²) in [7, 11) is 0. The fourth-order valence-corrected chi connectivity index (χ4v) is 2.41. The highest BCUT2D eigenvalue weighted by molar-refractivity contribution is 5.67. The lowest BCUT2D eigenvalue weighted by Crippen LogP contribution is -2.22. The number of aromatic nitrogens is 1. The third-order valence-electron chi connectivity index (χ3n) is 3.43. The van der Waals surface area contributed by atoms with E-state index in [1.807, 2.05) is 6.07 Å². The van der Waals surface area contributed by atoms with E-state index in [0.29, 0.717) is 16.9 Å². The van der Waals surface area contributed by atoms with E-state index in [4.69, 9.17) is 0 Å². The third kappa shape index (κ3) is 2.57. The second-order valence-electron chi connectivity index (χ2n) is 4.86. The van der Waals surface area contributed by atoms with Gasteiger partial charge in [0.2, 0.25) is 5.75 Å². The fraction of sp³-hybridized carbons (Fsp3) is 0. The Balaban J connectivity index is 2.41. The molecule has 0 atom stereocenters. The topological polar surface area (TPSA) is 85.4 Å². The molecular formula is C17H12N2O4. The van der Waals surface area contributed by atoms with Crippen LogP contribution in [0.3, 0.4) is 0 Å². The maximum atomic E-state index is 12.6. The zero-order valence-electron chi connectivity index (χ0n) is 11.9. The molecule has 1 N–H and O–H groups in total. The smallest absolute Gasteiger partial charge is 0.375 e. The molecule has 0 aliphatic heterocycles. The van der Waals surface area contributed by atoms with Gasteiger partial charge in [0.25, 0.3) is 0 Å². The van der Waals surface area contributed by atoms with Gasteiger partial charge in [-0.15, -0.1) is 0 Å². The highest BCUT2D eigenvalue weighted by atomic mass is 16.6. The standard InChI is InChI=1S/C17H12N2O4/c20-15-11-14(12-7-3-1-4-8-12)18(13-9-5-2-6-10-13)17(21)16(15)19(22)23/h1-11,20H. The molecule has 23 heavy (non-hydrogen) atoms. The molecule has 0 aliphatic rings. The van der Waals surface area contributed by atoms with Crippen LogP contribution in [0.15, 0.2) is 71.5 Å². The first-order chi connectivity index (χ1) is 11.1. The van der Waals surface area contributed by atoms with Gasteiger partial charge in [0.1, 0.15) is 0 Å². The summed E-state index contributed by atoms with van der Waals surface area (Å²) in [6, 6.07) is 18.8. The van der Waals surface area contributed by atoms with E-state index in [0.717, 1.165) is 0 Å². The number of nitrogens with zero attached hydrogens (tertiary/aromatic N) is 2. The molecule has 3 aromatic rings. The summed E-state index contributed by atoms with van der Waals surface area (Å²) >= 11 is 0. The molecule has 1 heterocycles. The van der Waals surface area contributed by atoms with E-state index < -0.39 is 21.9 Å². The number of hydrogen-bond acceptors (Lipinski definition) is 4. The van der Waals surface area contributed by atoms with Crippen molar-refractivity contribution in [3.8, 4) is 22.7 Å². The first kappa shape index (κ1) is 14.5. The van der Waals surface area contributed by atoms with Gasteiger partial charge >= 0.3 is 11.2 Å². The average Bonchev–Trinajstić information content (AvgIpc) is 2.55. The number of rotatable bonds is 3. The Kier molecular flexibility index (Phi) is 3.64. The maximum absolute atomic E-state index is 12.6. The van der Waals surface area contributed by atoms with Gasteiger partial charge in [-0.3, -0.25) is 19.5 Å². The van der Waals surface area contributed by atoms with Crippen LogP contribution in [0.1, 0.15) is 0 Å². The van der Waals surface area contributed by atoms with Gasteiger partial charge in [0.15, 0.2) is 0 Å². The summed E-state index contributed by atoms with van der Waals surface area (Å²) in [5.74, 6) is -0.647. The summed E-state index contributed by atoms with van der Waals surface area (Å²) in [6.45, 7) is 0. The molecule has 114 valence electrons. The molecule has 0 saturated carbocycles. The van der Waals surface area contributed by atoms with Crippen molar-refractivity contribution >= 4 is 5.69 Å². The van der Waals surface area contributed by atoms with Crippen LogP contribution >= 0.6 is 0 Å². The van der Waals surface area contributed by atoms with Crippen LogP contribution in [-0.4, -0.2) is 14.6 Å². The van der Waals surface area contributed by atoms with Crippen LogP contribution in [-0.2, 0) is 0 Å². The number of benzene rings is 2. The monoisotopic (exact) mass is 308 g/mol. The summed E-state index contributed by atoms with van der Waals surface area (Å²) in [6.07, 6.45) is 0. The van der Waals surface area contributed by atoms with Gasteiger partial charge in [-0.05, 0) is 17.7 Å². The van der Waals surface area contributed by atoms with E-state index in [2.05, 4.69) is 0 Å².